The standard InChI is InChI=1S/C7H9I3O3/c1-4(2)13-7(11)12-3-5(8)6(9)10/h4H,3H2,1-2H3. The first-order valence-electron chi connectivity index (χ1n) is 3.46. The molecule has 0 aromatic carbocycles. The minimum Gasteiger partial charge on any atom is -0.432 e. The van der Waals surface area contributed by atoms with E-state index in [9.17, 15) is 4.79 Å². The molecule has 0 aromatic rings. The first kappa shape index (κ1) is 14.2. The van der Waals surface area contributed by atoms with Crippen LogP contribution in [0.4, 0.5) is 4.79 Å². The topological polar surface area (TPSA) is 35.5 Å². The lowest BCUT2D eigenvalue weighted by atomic mass is 10.5. The SMILES string of the molecule is CC(C)OC(=O)OCC(I)=C(I)I. The molecule has 76 valence electrons. The zero-order valence-corrected chi connectivity index (χ0v) is 13.6. The summed E-state index contributed by atoms with van der Waals surface area (Å²) in [6.45, 7) is 3.85. The van der Waals surface area contributed by atoms with E-state index < -0.39 is 6.16 Å². The zero-order chi connectivity index (χ0) is 10.4. The quantitative estimate of drug-likeness (QED) is 0.416. The molecule has 0 bridgehead atoms. The summed E-state index contributed by atoms with van der Waals surface area (Å²) in [4.78, 5) is 10.9. The Labute approximate surface area is 118 Å². The van der Waals surface area contributed by atoms with Gasteiger partial charge >= 0.3 is 6.16 Å². The number of rotatable bonds is 3. The van der Waals surface area contributed by atoms with E-state index in [1.807, 2.05) is 0 Å². The molecule has 0 saturated heterocycles. The smallest absolute Gasteiger partial charge is 0.432 e. The van der Waals surface area contributed by atoms with Crippen LogP contribution in [0.25, 0.3) is 0 Å². The molecule has 3 nitrogen and oxygen atoms in total. The first-order valence-corrected chi connectivity index (χ1v) is 6.70. The predicted octanol–water partition coefficient (Wildman–Crippen LogP) is 4.02. The van der Waals surface area contributed by atoms with Crippen molar-refractivity contribution in [2.24, 2.45) is 0 Å². The van der Waals surface area contributed by atoms with Crippen LogP contribution in [-0.2, 0) is 9.47 Å². The summed E-state index contributed by atoms with van der Waals surface area (Å²) < 4.78 is 11.7. The average Bonchev–Trinajstić information content (AvgIpc) is 1.98. The molecule has 0 aliphatic rings. The van der Waals surface area contributed by atoms with Crippen LogP contribution in [-0.4, -0.2) is 18.9 Å². The third-order valence-corrected chi connectivity index (χ3v) is 5.07. The van der Waals surface area contributed by atoms with Gasteiger partial charge in [-0.05, 0) is 81.6 Å². The number of hydrogen-bond acceptors (Lipinski definition) is 3. The molecule has 13 heavy (non-hydrogen) atoms. The lowest BCUT2D eigenvalue weighted by Gasteiger charge is -2.08. The van der Waals surface area contributed by atoms with E-state index in [0.717, 1.165) is 5.17 Å². The molecule has 0 atom stereocenters. The Morgan fingerprint density at radius 1 is 1.31 bits per heavy atom. The highest BCUT2D eigenvalue weighted by atomic mass is 127. The van der Waals surface area contributed by atoms with Gasteiger partial charge in [0.1, 0.15) is 6.61 Å². The van der Waals surface area contributed by atoms with Gasteiger partial charge in [0.05, 0.1) is 7.69 Å². The second-order valence-electron chi connectivity index (χ2n) is 2.37. The van der Waals surface area contributed by atoms with Crippen LogP contribution < -0.4 is 0 Å². The molecule has 0 aliphatic carbocycles. The molecule has 6 heteroatoms. The van der Waals surface area contributed by atoms with Gasteiger partial charge in [0.25, 0.3) is 0 Å². The molecule has 0 rings (SSSR count). The number of hydrogen-bond donors (Lipinski definition) is 0. The summed E-state index contributed by atoms with van der Waals surface area (Å²) in [5, 5.41) is 0. The number of carbonyl (C=O) groups is 1. The van der Waals surface area contributed by atoms with Crippen molar-refractivity contribution >= 4 is 73.9 Å². The highest BCUT2D eigenvalue weighted by Crippen LogP contribution is 2.25. The van der Waals surface area contributed by atoms with Gasteiger partial charge in [0.2, 0.25) is 0 Å². The molecule has 0 radical (unpaired) electrons. The number of carbonyl (C=O) groups excluding carboxylic acids is 1. The fourth-order valence-corrected chi connectivity index (χ4v) is 0.870. The van der Waals surface area contributed by atoms with Crippen molar-refractivity contribution in [3.05, 3.63) is 5.17 Å². The first-order chi connectivity index (χ1) is 5.93. The van der Waals surface area contributed by atoms with Gasteiger partial charge in [-0.1, -0.05) is 0 Å². The largest absolute Gasteiger partial charge is 0.508 e. The van der Waals surface area contributed by atoms with Crippen LogP contribution >= 0.6 is 67.8 Å². The van der Waals surface area contributed by atoms with Gasteiger partial charge in [0.15, 0.2) is 0 Å². The fourth-order valence-electron chi connectivity index (χ4n) is 0.403. The Balaban J connectivity index is 3.78. The van der Waals surface area contributed by atoms with E-state index in [4.69, 9.17) is 9.47 Å². The molecule has 0 amide bonds. The summed E-state index contributed by atoms with van der Waals surface area (Å²) in [6.07, 6.45) is -0.744. The van der Waals surface area contributed by atoms with Gasteiger partial charge < -0.3 is 9.47 Å². The summed E-state index contributed by atoms with van der Waals surface area (Å²) in [7, 11) is 0. The normalized spacial score (nSPS) is 9.69. The molecule has 0 N–H and O–H groups in total. The summed E-state index contributed by atoms with van der Waals surface area (Å²) in [5.74, 6) is 0. The van der Waals surface area contributed by atoms with Crippen LogP contribution in [0.3, 0.4) is 0 Å². The molecule has 0 unspecified atom stereocenters. The van der Waals surface area contributed by atoms with Crippen LogP contribution in [0.1, 0.15) is 13.8 Å². The maximum Gasteiger partial charge on any atom is 0.508 e. The van der Waals surface area contributed by atoms with E-state index in [1.54, 1.807) is 13.8 Å². The van der Waals surface area contributed by atoms with Crippen molar-refractivity contribution in [1.82, 2.24) is 0 Å². The van der Waals surface area contributed by atoms with Gasteiger partial charge in [-0.2, -0.15) is 0 Å². The van der Waals surface area contributed by atoms with Crippen LogP contribution in [0.15, 0.2) is 5.17 Å². The fraction of sp³-hybridized carbons (Fsp3) is 0.571. The third kappa shape index (κ3) is 8.21. The minimum atomic E-state index is -0.613. The minimum absolute atomic E-state index is 0.132. The molecule has 0 heterocycles. The molecular weight excluding hydrogens is 513 g/mol. The van der Waals surface area contributed by atoms with Gasteiger partial charge in [-0.15, -0.1) is 0 Å². The van der Waals surface area contributed by atoms with E-state index >= 15 is 0 Å². The molecule has 0 aromatic heterocycles. The van der Waals surface area contributed by atoms with Crippen LogP contribution in [0.5, 0.6) is 0 Å². The van der Waals surface area contributed by atoms with Crippen LogP contribution in [0.2, 0.25) is 0 Å². The van der Waals surface area contributed by atoms with Crippen molar-refractivity contribution in [1.29, 1.82) is 0 Å². The van der Waals surface area contributed by atoms with Crippen molar-refractivity contribution in [2.45, 2.75) is 20.0 Å². The predicted molar refractivity (Wildman–Crippen MR) is 76.7 cm³/mol. The third-order valence-electron chi connectivity index (χ3n) is 0.854. The van der Waals surface area contributed by atoms with Gasteiger partial charge in [0, 0.05) is 3.58 Å². The van der Waals surface area contributed by atoms with Crippen LogP contribution in [0, 0.1) is 0 Å². The monoisotopic (exact) mass is 522 g/mol. The molecule has 0 spiro atoms. The highest BCUT2D eigenvalue weighted by Gasteiger charge is 2.07. The Morgan fingerprint density at radius 2 is 1.85 bits per heavy atom. The number of halogens is 3. The lowest BCUT2D eigenvalue weighted by molar-refractivity contribution is 0.0412. The van der Waals surface area contributed by atoms with Crippen molar-refractivity contribution in [3.8, 4) is 0 Å². The number of ether oxygens (including phenoxy) is 2. The van der Waals surface area contributed by atoms with Gasteiger partial charge in [-0.25, -0.2) is 4.79 Å². The molecule has 0 saturated carbocycles. The Morgan fingerprint density at radius 3 is 2.23 bits per heavy atom. The second-order valence-corrected chi connectivity index (χ2v) is 7.89. The van der Waals surface area contributed by atoms with Gasteiger partial charge in [-0.3, -0.25) is 0 Å². The van der Waals surface area contributed by atoms with E-state index in [1.165, 1.54) is 0 Å². The van der Waals surface area contributed by atoms with E-state index in [-0.39, 0.29) is 12.7 Å². The molecular formula is C7H9I3O3. The Kier molecular flexibility index (Phi) is 8.18. The maximum absolute atomic E-state index is 10.9. The summed E-state index contributed by atoms with van der Waals surface area (Å²) in [6, 6.07) is 0. The molecule has 0 aliphatic heterocycles. The van der Waals surface area contributed by atoms with E-state index in [0.29, 0.717) is 0 Å². The molecule has 0 fully saturated rings. The van der Waals surface area contributed by atoms with Crippen molar-refractivity contribution in [3.63, 3.8) is 0 Å². The highest BCUT2D eigenvalue weighted by molar-refractivity contribution is 14.2. The summed E-state index contributed by atoms with van der Waals surface area (Å²) in [5.41, 5.74) is 0. The van der Waals surface area contributed by atoms with Crippen molar-refractivity contribution in [2.75, 3.05) is 6.61 Å². The second kappa shape index (κ2) is 7.49. The Bertz CT molecular complexity index is 209. The van der Waals surface area contributed by atoms with Crippen molar-refractivity contribution < 1.29 is 14.3 Å². The van der Waals surface area contributed by atoms with E-state index in [2.05, 4.69) is 67.8 Å². The summed E-state index contributed by atoms with van der Waals surface area (Å²) >= 11 is 6.47. The zero-order valence-electron chi connectivity index (χ0n) is 7.14. The Hall–Kier alpha value is 1.20. The average molecular weight is 522 g/mol. The maximum atomic E-state index is 10.9. The lowest BCUT2D eigenvalue weighted by Crippen LogP contribution is -2.13.